The normalized spacial score (nSPS) is 17.6. The zero-order valence-electron chi connectivity index (χ0n) is 23.5. The summed E-state index contributed by atoms with van der Waals surface area (Å²) in [5, 5.41) is 4.23. The molecule has 0 aliphatic carbocycles. The van der Waals surface area contributed by atoms with Gasteiger partial charge in [0.05, 0.1) is 5.52 Å². The summed E-state index contributed by atoms with van der Waals surface area (Å²) < 4.78 is 0. The highest BCUT2D eigenvalue weighted by Crippen LogP contribution is 2.27. The van der Waals surface area contributed by atoms with Crippen LogP contribution in [0, 0.1) is 0 Å². The number of likely N-dealkylation sites (N-methyl/N-ethyl adjacent to an activating group) is 1. The van der Waals surface area contributed by atoms with E-state index in [1.165, 1.54) is 24.8 Å². The molecule has 0 atom stereocenters. The van der Waals surface area contributed by atoms with Crippen molar-refractivity contribution in [3.63, 3.8) is 0 Å². The Morgan fingerprint density at radius 3 is 2.55 bits per heavy atom. The molecule has 0 spiro atoms. The third kappa shape index (κ3) is 5.41. The summed E-state index contributed by atoms with van der Waals surface area (Å²) in [7, 11) is 2.15. The van der Waals surface area contributed by atoms with Gasteiger partial charge in [-0.15, -0.1) is 0 Å². The summed E-state index contributed by atoms with van der Waals surface area (Å²) in [6.07, 6.45) is 12.3. The first-order chi connectivity index (χ1) is 19.6. The highest BCUT2D eigenvalue weighted by atomic mass is 15.3. The van der Waals surface area contributed by atoms with Crippen molar-refractivity contribution >= 4 is 22.6 Å². The molecule has 2 aliphatic rings. The molecule has 4 aromatic heterocycles. The van der Waals surface area contributed by atoms with E-state index >= 15 is 0 Å². The van der Waals surface area contributed by atoms with E-state index in [0.717, 1.165) is 91.5 Å². The van der Waals surface area contributed by atoms with E-state index in [2.05, 4.69) is 55.9 Å². The third-order valence-electron chi connectivity index (χ3n) is 8.08. The second-order valence-electron chi connectivity index (χ2n) is 10.9. The molecule has 40 heavy (non-hydrogen) atoms. The first kappa shape index (κ1) is 26.3. The van der Waals surface area contributed by atoms with Crippen LogP contribution in [0.3, 0.4) is 0 Å². The van der Waals surface area contributed by atoms with E-state index in [4.69, 9.17) is 20.8 Å². The molecule has 2 fully saturated rings. The first-order valence-electron chi connectivity index (χ1n) is 14.4. The highest BCUT2D eigenvalue weighted by molar-refractivity contribution is 6.13. The number of aromatic amines is 1. The number of rotatable bonds is 7. The number of H-pyrrole nitrogens is 1. The van der Waals surface area contributed by atoms with Gasteiger partial charge >= 0.3 is 0 Å². The van der Waals surface area contributed by atoms with Crippen LogP contribution in [0.2, 0.25) is 0 Å². The third-order valence-corrected chi connectivity index (χ3v) is 8.08. The minimum Gasteiger partial charge on any atom is -0.352 e. The molecule has 0 radical (unpaired) electrons. The van der Waals surface area contributed by atoms with E-state index < -0.39 is 0 Å². The lowest BCUT2D eigenvalue weighted by molar-refractivity contribution is 0.220. The van der Waals surface area contributed by atoms with Crippen LogP contribution in [-0.2, 0) is 13.0 Å². The molecule has 208 valence electrons. The second kappa shape index (κ2) is 11.7. The van der Waals surface area contributed by atoms with Gasteiger partial charge in [0.1, 0.15) is 11.2 Å². The lowest BCUT2D eigenvalue weighted by Crippen LogP contribution is -2.44. The minimum atomic E-state index is 0.587. The Balaban J connectivity index is 1.33. The number of nitrogens with zero attached hydrogens (tertiary/aromatic N) is 8. The van der Waals surface area contributed by atoms with Crippen molar-refractivity contribution in [2.24, 2.45) is 10.9 Å². The predicted octanol–water partition coefficient (Wildman–Crippen LogP) is 3.43. The van der Waals surface area contributed by atoms with Crippen LogP contribution in [-0.4, -0.2) is 86.7 Å². The minimum absolute atomic E-state index is 0.587. The molecule has 0 aromatic carbocycles. The molecule has 0 unspecified atom stereocenters. The van der Waals surface area contributed by atoms with Gasteiger partial charge in [-0.25, -0.2) is 9.97 Å². The van der Waals surface area contributed by atoms with Crippen molar-refractivity contribution in [1.82, 2.24) is 34.7 Å². The number of piperidine rings is 1. The Kier molecular flexibility index (Phi) is 7.70. The molecule has 10 nitrogen and oxygen atoms in total. The number of hydrogen-bond donors (Lipinski definition) is 2. The number of piperazine rings is 1. The molecule has 2 aliphatic heterocycles. The zero-order chi connectivity index (χ0) is 27.5. The molecular weight excluding hydrogens is 500 g/mol. The zero-order valence-corrected chi connectivity index (χ0v) is 23.5. The van der Waals surface area contributed by atoms with Crippen molar-refractivity contribution in [3.8, 4) is 11.1 Å². The van der Waals surface area contributed by atoms with Gasteiger partial charge in [0.15, 0.2) is 11.6 Å². The van der Waals surface area contributed by atoms with E-state index in [1.54, 1.807) is 0 Å². The molecule has 4 aromatic rings. The Hall–Kier alpha value is -3.89. The number of nitrogens with one attached hydrogen (secondary N) is 1. The van der Waals surface area contributed by atoms with Gasteiger partial charge in [-0.05, 0) is 63.2 Å². The molecule has 6 rings (SSSR count). The number of nitrogens with two attached hydrogens (primary N) is 1. The number of anilines is 1. The number of pyridine rings is 3. The molecule has 0 amide bonds. The van der Waals surface area contributed by atoms with Crippen LogP contribution in [0.1, 0.15) is 48.8 Å². The van der Waals surface area contributed by atoms with Gasteiger partial charge < -0.3 is 20.6 Å². The van der Waals surface area contributed by atoms with Gasteiger partial charge in [-0.3, -0.25) is 14.9 Å². The molecule has 0 bridgehead atoms. The predicted molar refractivity (Wildman–Crippen MR) is 159 cm³/mol. The van der Waals surface area contributed by atoms with Crippen LogP contribution < -0.4 is 10.7 Å². The molecule has 2 saturated heterocycles. The maximum Gasteiger partial charge on any atom is 0.159 e. The molecule has 3 N–H and O–H groups in total. The van der Waals surface area contributed by atoms with Gasteiger partial charge in [-0.1, -0.05) is 13.3 Å². The van der Waals surface area contributed by atoms with Crippen molar-refractivity contribution in [2.45, 2.75) is 39.2 Å². The fourth-order valence-electron chi connectivity index (χ4n) is 5.79. The van der Waals surface area contributed by atoms with Crippen LogP contribution in [0.25, 0.3) is 22.2 Å². The maximum absolute atomic E-state index is 6.05. The van der Waals surface area contributed by atoms with Crippen molar-refractivity contribution < 1.29 is 0 Å². The number of aryl methyl sites for hydroxylation is 1. The molecule has 6 heterocycles. The summed E-state index contributed by atoms with van der Waals surface area (Å²) in [4.78, 5) is 29.7. The Morgan fingerprint density at radius 2 is 1.77 bits per heavy atom. The van der Waals surface area contributed by atoms with Crippen LogP contribution >= 0.6 is 0 Å². The number of likely N-dealkylation sites (tertiary alicyclic amines) is 1. The quantitative estimate of drug-likeness (QED) is 0.209. The van der Waals surface area contributed by atoms with E-state index in [0.29, 0.717) is 11.5 Å². The Bertz CT molecular complexity index is 1500. The summed E-state index contributed by atoms with van der Waals surface area (Å²) in [6, 6.07) is 6.29. The van der Waals surface area contributed by atoms with Crippen molar-refractivity contribution in [2.75, 3.05) is 51.2 Å². The Labute approximate surface area is 235 Å². The van der Waals surface area contributed by atoms with Crippen molar-refractivity contribution in [1.29, 1.82) is 0 Å². The molecular formula is C30H38N10. The summed E-state index contributed by atoms with van der Waals surface area (Å²) in [5.41, 5.74) is 7.36. The van der Waals surface area contributed by atoms with Crippen molar-refractivity contribution in [3.05, 3.63) is 65.6 Å². The molecule has 10 heteroatoms. The number of aromatic nitrogens is 5. The maximum atomic E-state index is 6.05. The number of fused-ring (bicyclic) bond motifs is 1. The van der Waals surface area contributed by atoms with Gasteiger partial charge in [0.25, 0.3) is 0 Å². The lowest BCUT2D eigenvalue weighted by atomic mass is 10.00. The van der Waals surface area contributed by atoms with Crippen LogP contribution in [0.4, 0.5) is 5.82 Å². The highest BCUT2D eigenvalue weighted by Gasteiger charge is 2.22. The number of hydrogen-bond acceptors (Lipinski definition) is 9. The van der Waals surface area contributed by atoms with E-state index in [1.807, 2.05) is 30.9 Å². The van der Waals surface area contributed by atoms with Gasteiger partial charge in [0.2, 0.25) is 0 Å². The lowest BCUT2D eigenvalue weighted by Gasteiger charge is -2.33. The topological polar surface area (TPSA) is 115 Å². The van der Waals surface area contributed by atoms with Crippen LogP contribution in [0.15, 0.2) is 48.1 Å². The van der Waals surface area contributed by atoms with Gasteiger partial charge in [0, 0.05) is 79.9 Å². The average molecular weight is 539 g/mol. The summed E-state index contributed by atoms with van der Waals surface area (Å²) in [6.45, 7) is 9.15. The average Bonchev–Trinajstić information content (AvgIpc) is 3.43. The first-order valence-corrected chi connectivity index (χ1v) is 14.4. The number of imidazole rings is 1. The van der Waals surface area contributed by atoms with Crippen LogP contribution in [0.5, 0.6) is 0 Å². The van der Waals surface area contributed by atoms with Gasteiger partial charge in [-0.2, -0.15) is 5.10 Å². The smallest absolute Gasteiger partial charge is 0.159 e. The SMILES string of the molecule is CCc1ncc(-c2cncc(CN3CCCCC3)c2)cc1/C(=N\N)c1nc2c(N3CCN(C)CC3)nccc2[nH]1. The fourth-order valence-corrected chi connectivity index (χ4v) is 5.79. The second-order valence-corrected chi connectivity index (χ2v) is 10.9. The fraction of sp³-hybridized carbons (Fsp3) is 0.433. The summed E-state index contributed by atoms with van der Waals surface area (Å²) >= 11 is 0. The van der Waals surface area contributed by atoms with E-state index in [-0.39, 0.29) is 0 Å². The largest absolute Gasteiger partial charge is 0.352 e. The Morgan fingerprint density at radius 1 is 0.975 bits per heavy atom. The van der Waals surface area contributed by atoms with E-state index in [9.17, 15) is 0 Å². The monoisotopic (exact) mass is 538 g/mol. The number of hydrazone groups is 1. The molecule has 0 saturated carbocycles. The standard InChI is InChI=1S/C30H38N10/c1-3-25-24(16-23(19-34-25)22-15-21(17-32-18-22)20-39-9-5-4-6-10-39)27(37-31)29-35-26-7-8-33-30(28(26)36-29)40-13-11-38(2)12-14-40/h7-8,15-19H,3-6,9-14,20,31H2,1-2H3,(H,35,36)/b37-27+. The summed E-state index contributed by atoms with van der Waals surface area (Å²) in [5.74, 6) is 7.56.